The second-order valence-corrected chi connectivity index (χ2v) is 5.95. The summed E-state index contributed by atoms with van der Waals surface area (Å²) in [5.74, 6) is -1.06. The van der Waals surface area contributed by atoms with Gasteiger partial charge in [-0.2, -0.15) is 0 Å². The third kappa shape index (κ3) is 7.13. The summed E-state index contributed by atoms with van der Waals surface area (Å²) >= 11 is 0. The molecule has 1 aromatic carbocycles. The molecule has 0 unspecified atom stereocenters. The Kier molecular flexibility index (Phi) is 9.77. The minimum atomic E-state index is -1.29. The summed E-state index contributed by atoms with van der Waals surface area (Å²) < 4.78 is 4.76. The topological polar surface area (TPSA) is 75.6 Å². The molecule has 0 aliphatic carbocycles. The fourth-order valence-corrected chi connectivity index (χ4v) is 2.56. The van der Waals surface area contributed by atoms with Gasteiger partial charge in [-0.1, -0.05) is 75.8 Å². The Morgan fingerprint density at radius 1 is 1.08 bits per heavy atom. The summed E-state index contributed by atoms with van der Waals surface area (Å²) in [7, 11) is 1.30. The van der Waals surface area contributed by atoms with Crippen molar-refractivity contribution in [2.75, 3.05) is 7.11 Å². The Balaban J connectivity index is 2.49. The van der Waals surface area contributed by atoms with Crippen LogP contribution in [0.15, 0.2) is 30.3 Å². The van der Waals surface area contributed by atoms with Crippen LogP contribution in [0.3, 0.4) is 0 Å². The number of aliphatic hydroxyl groups excluding tert-OH is 1. The van der Waals surface area contributed by atoms with E-state index in [4.69, 9.17) is 4.74 Å². The Bertz CT molecular complexity index is 489. The highest BCUT2D eigenvalue weighted by atomic mass is 16.5. The number of unbranched alkanes of at least 4 members (excludes halogenated alkanes) is 5. The molecule has 2 N–H and O–H groups in total. The van der Waals surface area contributed by atoms with Crippen molar-refractivity contribution in [3.63, 3.8) is 0 Å². The first-order chi connectivity index (χ1) is 11.6. The van der Waals surface area contributed by atoms with E-state index in [1.165, 1.54) is 26.4 Å². The lowest BCUT2D eigenvalue weighted by atomic mass is 10.0. The second kappa shape index (κ2) is 11.6. The number of hydrogen-bond acceptors (Lipinski definition) is 4. The lowest BCUT2D eigenvalue weighted by molar-refractivity contribution is -0.146. The predicted molar refractivity (Wildman–Crippen MR) is 93.3 cm³/mol. The van der Waals surface area contributed by atoms with Crippen molar-refractivity contribution in [2.45, 2.75) is 64.0 Å². The van der Waals surface area contributed by atoms with Crippen molar-refractivity contribution in [1.29, 1.82) is 0 Å². The molecule has 0 aliphatic heterocycles. The number of nitrogens with one attached hydrogen (secondary N) is 1. The zero-order chi connectivity index (χ0) is 17.8. The zero-order valence-electron chi connectivity index (χ0n) is 14.7. The molecule has 0 radical (unpaired) electrons. The number of benzene rings is 1. The minimum Gasteiger partial charge on any atom is -0.467 e. The standard InChI is InChI=1S/C19H29NO4/c1-3-4-5-6-7-11-14-16(19(23)24-2)20-18(22)17(21)15-12-9-8-10-13-15/h8-10,12-13,16-17,21H,3-7,11,14H2,1-2H3,(H,20,22)/t16-,17+/m1/s1. The molecule has 0 fully saturated rings. The van der Waals surface area contributed by atoms with E-state index in [0.29, 0.717) is 12.0 Å². The molecule has 1 aromatic rings. The molecule has 24 heavy (non-hydrogen) atoms. The van der Waals surface area contributed by atoms with E-state index in [-0.39, 0.29) is 0 Å². The molecule has 0 bridgehead atoms. The third-order valence-corrected chi connectivity index (χ3v) is 4.01. The van der Waals surface area contributed by atoms with Gasteiger partial charge >= 0.3 is 5.97 Å². The van der Waals surface area contributed by atoms with Gasteiger partial charge in [0.05, 0.1) is 7.11 Å². The number of ether oxygens (including phenoxy) is 1. The van der Waals surface area contributed by atoms with Gasteiger partial charge in [0, 0.05) is 0 Å². The average Bonchev–Trinajstić information content (AvgIpc) is 2.62. The SMILES string of the molecule is CCCCCCCC[C@@H](NC(=O)[C@@H](O)c1ccccc1)C(=O)OC. The summed E-state index contributed by atoms with van der Waals surface area (Å²) in [5.41, 5.74) is 0.498. The number of methoxy groups -OCH3 is 1. The van der Waals surface area contributed by atoms with Crippen LogP contribution >= 0.6 is 0 Å². The number of carbonyl (C=O) groups excluding carboxylic acids is 2. The van der Waals surface area contributed by atoms with Crippen LogP contribution < -0.4 is 5.32 Å². The highest BCUT2D eigenvalue weighted by molar-refractivity contribution is 5.87. The van der Waals surface area contributed by atoms with Crippen LogP contribution in [0.2, 0.25) is 0 Å². The van der Waals surface area contributed by atoms with Gasteiger partial charge in [-0.15, -0.1) is 0 Å². The molecule has 0 aromatic heterocycles. The molecule has 1 amide bonds. The first-order valence-corrected chi connectivity index (χ1v) is 8.71. The lowest BCUT2D eigenvalue weighted by Crippen LogP contribution is -2.43. The van der Waals surface area contributed by atoms with Gasteiger partial charge in [0.1, 0.15) is 6.04 Å². The van der Waals surface area contributed by atoms with Gasteiger partial charge in [-0.3, -0.25) is 4.79 Å². The van der Waals surface area contributed by atoms with Crippen molar-refractivity contribution in [2.24, 2.45) is 0 Å². The molecule has 0 aliphatic rings. The summed E-state index contributed by atoms with van der Waals surface area (Å²) in [6.07, 6.45) is 5.82. The van der Waals surface area contributed by atoms with Gasteiger partial charge in [-0.25, -0.2) is 4.79 Å². The number of hydrogen-bond donors (Lipinski definition) is 2. The van der Waals surface area contributed by atoms with Crippen LogP contribution in [0.25, 0.3) is 0 Å². The van der Waals surface area contributed by atoms with E-state index in [2.05, 4.69) is 12.2 Å². The van der Waals surface area contributed by atoms with Crippen LogP contribution in [-0.2, 0) is 14.3 Å². The maximum atomic E-state index is 12.2. The summed E-state index contributed by atoms with van der Waals surface area (Å²) in [5, 5.41) is 12.7. The molecular formula is C19H29NO4. The number of amides is 1. The first kappa shape index (κ1) is 20.2. The van der Waals surface area contributed by atoms with Gasteiger partial charge in [-0.05, 0) is 12.0 Å². The van der Waals surface area contributed by atoms with Crippen molar-refractivity contribution in [3.8, 4) is 0 Å². The fraction of sp³-hybridized carbons (Fsp3) is 0.579. The quantitative estimate of drug-likeness (QED) is 0.481. The summed E-state index contributed by atoms with van der Waals surface area (Å²) in [6.45, 7) is 2.17. The van der Waals surface area contributed by atoms with Crippen LogP contribution in [0.1, 0.15) is 63.5 Å². The van der Waals surface area contributed by atoms with E-state index in [1.807, 2.05) is 6.07 Å². The number of rotatable bonds is 11. The highest BCUT2D eigenvalue weighted by Gasteiger charge is 2.25. The Labute approximate surface area is 144 Å². The van der Waals surface area contributed by atoms with E-state index < -0.39 is 24.0 Å². The van der Waals surface area contributed by atoms with Crippen molar-refractivity contribution < 1.29 is 19.4 Å². The second-order valence-electron chi connectivity index (χ2n) is 5.95. The molecular weight excluding hydrogens is 306 g/mol. The number of esters is 1. The highest BCUT2D eigenvalue weighted by Crippen LogP contribution is 2.14. The molecule has 0 saturated heterocycles. The van der Waals surface area contributed by atoms with Gasteiger partial charge < -0.3 is 15.2 Å². The predicted octanol–water partition coefficient (Wildman–Crippen LogP) is 3.13. The van der Waals surface area contributed by atoms with E-state index in [0.717, 1.165) is 19.3 Å². The van der Waals surface area contributed by atoms with Crippen molar-refractivity contribution in [1.82, 2.24) is 5.32 Å². The average molecular weight is 335 g/mol. The normalized spacial score (nSPS) is 13.1. The summed E-state index contributed by atoms with van der Waals surface area (Å²) in [4.78, 5) is 24.0. The Hall–Kier alpha value is -1.88. The molecule has 0 saturated carbocycles. The molecule has 1 rings (SSSR count). The van der Waals surface area contributed by atoms with E-state index in [9.17, 15) is 14.7 Å². The van der Waals surface area contributed by atoms with E-state index >= 15 is 0 Å². The monoisotopic (exact) mass is 335 g/mol. The Morgan fingerprint density at radius 3 is 2.33 bits per heavy atom. The molecule has 0 spiro atoms. The van der Waals surface area contributed by atoms with Crippen LogP contribution in [0.4, 0.5) is 0 Å². The third-order valence-electron chi connectivity index (χ3n) is 4.01. The molecule has 2 atom stereocenters. The maximum absolute atomic E-state index is 12.2. The van der Waals surface area contributed by atoms with Crippen molar-refractivity contribution in [3.05, 3.63) is 35.9 Å². The molecule has 5 heteroatoms. The van der Waals surface area contributed by atoms with Crippen molar-refractivity contribution >= 4 is 11.9 Å². The fourth-order valence-electron chi connectivity index (χ4n) is 2.56. The lowest BCUT2D eigenvalue weighted by Gasteiger charge is -2.19. The van der Waals surface area contributed by atoms with E-state index in [1.54, 1.807) is 24.3 Å². The smallest absolute Gasteiger partial charge is 0.328 e. The first-order valence-electron chi connectivity index (χ1n) is 8.71. The Morgan fingerprint density at radius 2 is 1.71 bits per heavy atom. The van der Waals surface area contributed by atoms with Gasteiger partial charge in [0.15, 0.2) is 6.10 Å². The minimum absolute atomic E-state index is 0.475. The van der Waals surface area contributed by atoms with Crippen LogP contribution in [-0.4, -0.2) is 30.1 Å². The number of carbonyl (C=O) groups is 2. The molecule has 5 nitrogen and oxygen atoms in total. The van der Waals surface area contributed by atoms with Gasteiger partial charge in [0.25, 0.3) is 5.91 Å². The van der Waals surface area contributed by atoms with Crippen LogP contribution in [0, 0.1) is 0 Å². The molecule has 0 heterocycles. The summed E-state index contributed by atoms with van der Waals surface area (Å²) in [6, 6.07) is 7.94. The number of aliphatic hydroxyl groups is 1. The molecule has 134 valence electrons. The zero-order valence-corrected chi connectivity index (χ0v) is 14.7. The van der Waals surface area contributed by atoms with Crippen LogP contribution in [0.5, 0.6) is 0 Å². The maximum Gasteiger partial charge on any atom is 0.328 e. The van der Waals surface area contributed by atoms with Gasteiger partial charge in [0.2, 0.25) is 0 Å². The largest absolute Gasteiger partial charge is 0.467 e.